The minimum atomic E-state index is -0.426. The monoisotopic (exact) mass is 290 g/mol. The average molecular weight is 290 g/mol. The van der Waals surface area contributed by atoms with Gasteiger partial charge in [0.2, 0.25) is 0 Å². The molecule has 1 heterocycles. The number of likely N-dealkylation sites (tertiary alicyclic amines) is 1. The number of benzene rings is 1. The van der Waals surface area contributed by atoms with E-state index in [4.69, 9.17) is 4.74 Å². The molecule has 1 aliphatic rings. The zero-order valence-corrected chi connectivity index (χ0v) is 13.3. The molecule has 0 aliphatic carbocycles. The van der Waals surface area contributed by atoms with Crippen LogP contribution in [0.15, 0.2) is 18.2 Å². The highest BCUT2D eigenvalue weighted by atomic mass is 16.5. The number of aryl methyl sites for hydroxylation is 1. The highest BCUT2D eigenvalue weighted by molar-refractivity contribution is 5.81. The minimum absolute atomic E-state index is 0.102. The Kier molecular flexibility index (Phi) is 5.62. The van der Waals surface area contributed by atoms with E-state index in [1.54, 1.807) is 0 Å². The van der Waals surface area contributed by atoms with Gasteiger partial charge in [-0.1, -0.05) is 25.1 Å². The second-order valence-corrected chi connectivity index (χ2v) is 5.64. The van der Waals surface area contributed by atoms with Gasteiger partial charge in [0.1, 0.15) is 5.75 Å². The molecule has 1 amide bonds. The third-order valence-electron chi connectivity index (χ3n) is 3.92. The number of nitrogens with one attached hydrogen (secondary N) is 1. The summed E-state index contributed by atoms with van der Waals surface area (Å²) in [6.45, 7) is 9.36. The van der Waals surface area contributed by atoms with Crippen LogP contribution in [0.2, 0.25) is 0 Å². The molecule has 0 saturated carbocycles. The van der Waals surface area contributed by atoms with Gasteiger partial charge in [0, 0.05) is 25.2 Å². The Morgan fingerprint density at radius 3 is 2.76 bits per heavy atom. The molecule has 0 bridgehead atoms. The molecule has 1 unspecified atom stereocenters. The lowest BCUT2D eigenvalue weighted by Crippen LogP contribution is -2.38. The van der Waals surface area contributed by atoms with Crippen molar-refractivity contribution in [1.29, 1.82) is 0 Å². The highest BCUT2D eigenvalue weighted by Gasteiger charge is 2.25. The van der Waals surface area contributed by atoms with Crippen LogP contribution in [-0.4, -0.2) is 36.5 Å². The van der Waals surface area contributed by atoms with E-state index in [2.05, 4.69) is 18.3 Å². The summed E-state index contributed by atoms with van der Waals surface area (Å²) >= 11 is 0. The van der Waals surface area contributed by atoms with Crippen LogP contribution >= 0.6 is 0 Å². The van der Waals surface area contributed by atoms with Crippen LogP contribution in [0, 0.1) is 6.92 Å². The summed E-state index contributed by atoms with van der Waals surface area (Å²) in [5.41, 5.74) is 2.18. The van der Waals surface area contributed by atoms with Crippen molar-refractivity contribution in [3.63, 3.8) is 0 Å². The molecule has 1 fully saturated rings. The Labute approximate surface area is 127 Å². The molecule has 1 atom stereocenters. The number of nitrogens with zero attached hydrogens (tertiary/aromatic N) is 1. The van der Waals surface area contributed by atoms with Crippen molar-refractivity contribution in [1.82, 2.24) is 10.2 Å². The lowest BCUT2D eigenvalue weighted by molar-refractivity contribution is -0.136. The average Bonchev–Trinajstić information content (AvgIpc) is 3.01. The summed E-state index contributed by atoms with van der Waals surface area (Å²) in [6.07, 6.45) is 1.78. The van der Waals surface area contributed by atoms with Gasteiger partial charge in [-0.05, 0) is 38.8 Å². The minimum Gasteiger partial charge on any atom is -0.480 e. The van der Waals surface area contributed by atoms with Gasteiger partial charge in [-0.3, -0.25) is 4.79 Å². The molecular weight excluding hydrogens is 264 g/mol. The summed E-state index contributed by atoms with van der Waals surface area (Å²) in [4.78, 5) is 14.3. The van der Waals surface area contributed by atoms with Crippen molar-refractivity contribution in [2.75, 3.05) is 19.6 Å². The fourth-order valence-electron chi connectivity index (χ4n) is 2.70. The molecule has 0 spiro atoms. The molecule has 2 rings (SSSR count). The number of hydrogen-bond donors (Lipinski definition) is 1. The molecule has 1 aromatic rings. The molecule has 116 valence electrons. The highest BCUT2D eigenvalue weighted by Crippen LogP contribution is 2.25. The molecule has 4 heteroatoms. The van der Waals surface area contributed by atoms with Crippen LogP contribution in [0.4, 0.5) is 0 Å². The van der Waals surface area contributed by atoms with Gasteiger partial charge >= 0.3 is 0 Å². The van der Waals surface area contributed by atoms with Crippen LogP contribution in [0.25, 0.3) is 0 Å². The van der Waals surface area contributed by atoms with Gasteiger partial charge in [0.15, 0.2) is 6.10 Å². The molecule has 0 aromatic heterocycles. The number of ether oxygens (including phenoxy) is 1. The first-order valence-corrected chi connectivity index (χ1v) is 7.88. The summed E-state index contributed by atoms with van der Waals surface area (Å²) in [7, 11) is 0. The lowest BCUT2D eigenvalue weighted by Gasteiger charge is -2.23. The first-order chi connectivity index (χ1) is 10.1. The number of carbonyl (C=O) groups excluding carboxylic acids is 1. The Balaban J connectivity index is 2.08. The second-order valence-electron chi connectivity index (χ2n) is 5.64. The van der Waals surface area contributed by atoms with Gasteiger partial charge in [-0.15, -0.1) is 0 Å². The van der Waals surface area contributed by atoms with Gasteiger partial charge in [-0.25, -0.2) is 0 Å². The molecular formula is C17H26N2O2. The maximum absolute atomic E-state index is 12.4. The third kappa shape index (κ3) is 3.97. The van der Waals surface area contributed by atoms with Crippen molar-refractivity contribution < 1.29 is 9.53 Å². The topological polar surface area (TPSA) is 41.6 Å². The molecule has 1 aliphatic heterocycles. The zero-order valence-electron chi connectivity index (χ0n) is 13.3. The number of amides is 1. The van der Waals surface area contributed by atoms with Gasteiger partial charge in [-0.2, -0.15) is 0 Å². The van der Waals surface area contributed by atoms with Gasteiger partial charge in [0.25, 0.3) is 5.91 Å². The molecule has 1 aromatic carbocycles. The molecule has 1 saturated heterocycles. The second kappa shape index (κ2) is 7.46. The Bertz CT molecular complexity index is 482. The Morgan fingerprint density at radius 1 is 1.38 bits per heavy atom. The SMILES string of the molecule is CCNCc1cccc(C)c1OC(C)C(=O)N1CCCC1. The third-order valence-corrected chi connectivity index (χ3v) is 3.92. The maximum atomic E-state index is 12.4. The van der Waals surface area contributed by atoms with E-state index in [0.717, 1.165) is 55.9 Å². The summed E-state index contributed by atoms with van der Waals surface area (Å²) < 4.78 is 6.02. The summed E-state index contributed by atoms with van der Waals surface area (Å²) in [6, 6.07) is 6.11. The molecule has 21 heavy (non-hydrogen) atoms. The van der Waals surface area contributed by atoms with Crippen molar-refractivity contribution in [2.24, 2.45) is 0 Å². The van der Waals surface area contributed by atoms with E-state index in [1.165, 1.54) is 0 Å². The van der Waals surface area contributed by atoms with Gasteiger partial charge in [0.05, 0.1) is 0 Å². The van der Waals surface area contributed by atoms with E-state index in [1.807, 2.05) is 30.9 Å². The van der Waals surface area contributed by atoms with Crippen molar-refractivity contribution >= 4 is 5.91 Å². The predicted molar refractivity (Wildman–Crippen MR) is 84.5 cm³/mol. The van der Waals surface area contributed by atoms with Crippen molar-refractivity contribution in [3.8, 4) is 5.75 Å². The molecule has 0 radical (unpaired) electrons. The van der Waals surface area contributed by atoms with E-state index in [9.17, 15) is 4.79 Å². The fourth-order valence-corrected chi connectivity index (χ4v) is 2.70. The van der Waals surface area contributed by atoms with Crippen molar-refractivity contribution in [2.45, 2.75) is 46.3 Å². The van der Waals surface area contributed by atoms with Crippen LogP contribution in [0.5, 0.6) is 5.75 Å². The zero-order chi connectivity index (χ0) is 15.2. The number of hydrogen-bond acceptors (Lipinski definition) is 3. The van der Waals surface area contributed by atoms with Crippen LogP contribution in [0.3, 0.4) is 0 Å². The number of carbonyl (C=O) groups is 1. The molecule has 4 nitrogen and oxygen atoms in total. The van der Waals surface area contributed by atoms with Crippen LogP contribution < -0.4 is 10.1 Å². The normalized spacial score (nSPS) is 16.0. The number of rotatable bonds is 6. The standard InChI is InChI=1S/C17H26N2O2/c1-4-18-12-15-9-7-8-13(2)16(15)21-14(3)17(20)19-10-5-6-11-19/h7-9,14,18H,4-6,10-12H2,1-3H3. The first-order valence-electron chi connectivity index (χ1n) is 7.88. The van der Waals surface area contributed by atoms with E-state index in [-0.39, 0.29) is 5.91 Å². The van der Waals surface area contributed by atoms with E-state index in [0.29, 0.717) is 0 Å². The van der Waals surface area contributed by atoms with Crippen LogP contribution in [-0.2, 0) is 11.3 Å². The van der Waals surface area contributed by atoms with Crippen molar-refractivity contribution in [3.05, 3.63) is 29.3 Å². The van der Waals surface area contributed by atoms with Crippen LogP contribution in [0.1, 0.15) is 37.8 Å². The Morgan fingerprint density at radius 2 is 2.10 bits per heavy atom. The fraction of sp³-hybridized carbons (Fsp3) is 0.588. The first kappa shape index (κ1) is 15.8. The molecule has 1 N–H and O–H groups in total. The quantitative estimate of drug-likeness (QED) is 0.875. The Hall–Kier alpha value is -1.55. The lowest BCUT2D eigenvalue weighted by atomic mass is 10.1. The van der Waals surface area contributed by atoms with E-state index < -0.39 is 6.10 Å². The van der Waals surface area contributed by atoms with Gasteiger partial charge < -0.3 is 15.0 Å². The summed E-state index contributed by atoms with van der Waals surface area (Å²) in [5.74, 6) is 0.948. The number of para-hydroxylation sites is 1. The smallest absolute Gasteiger partial charge is 0.263 e. The largest absolute Gasteiger partial charge is 0.480 e. The summed E-state index contributed by atoms with van der Waals surface area (Å²) in [5, 5.41) is 3.31. The predicted octanol–water partition coefficient (Wildman–Crippen LogP) is 2.49. The maximum Gasteiger partial charge on any atom is 0.263 e. The van der Waals surface area contributed by atoms with E-state index >= 15 is 0 Å².